The van der Waals surface area contributed by atoms with Crippen LogP contribution in [0.15, 0.2) is 35.1 Å². The van der Waals surface area contributed by atoms with Crippen molar-refractivity contribution in [3.8, 4) is 11.4 Å². The first-order chi connectivity index (χ1) is 18.9. The van der Waals surface area contributed by atoms with Crippen molar-refractivity contribution >= 4 is 23.9 Å². The third-order valence-electron chi connectivity index (χ3n) is 6.05. The summed E-state index contributed by atoms with van der Waals surface area (Å²) in [5.41, 5.74) is -0.785. The van der Waals surface area contributed by atoms with Crippen LogP contribution in [0.2, 0.25) is 0 Å². The summed E-state index contributed by atoms with van der Waals surface area (Å²) in [5.74, 6) is -1.08. The number of carbonyl (C=O) groups excluding carboxylic acids is 4. The van der Waals surface area contributed by atoms with E-state index in [1.54, 1.807) is 52.0 Å². The Hall–Kier alpha value is -4.29. The SMILES string of the molecule is CCOC(=O)N1CCN(C(=O)[C@H](CCC(=O)OC(C)(C)C)NC(=O)c2cc(=O)n(-c3cccc(OC)c3)[nH]2)CC1. The lowest BCUT2D eigenvalue weighted by molar-refractivity contribution is -0.155. The molecular formula is C27H37N5O8. The fourth-order valence-electron chi connectivity index (χ4n) is 4.15. The second-order valence-corrected chi connectivity index (χ2v) is 10.2. The number of H-pyrrole nitrogens is 1. The van der Waals surface area contributed by atoms with Gasteiger partial charge in [0.2, 0.25) is 5.91 Å². The Morgan fingerprint density at radius 1 is 1.05 bits per heavy atom. The number of hydrogen-bond donors (Lipinski definition) is 2. The van der Waals surface area contributed by atoms with Crippen LogP contribution in [0.3, 0.4) is 0 Å². The van der Waals surface area contributed by atoms with Crippen molar-refractivity contribution in [2.45, 2.75) is 52.2 Å². The molecular weight excluding hydrogens is 522 g/mol. The van der Waals surface area contributed by atoms with E-state index in [9.17, 15) is 24.0 Å². The second kappa shape index (κ2) is 13.2. The Bertz CT molecular complexity index is 1270. The lowest BCUT2D eigenvalue weighted by Crippen LogP contribution is -2.56. The Kier molecular flexibility index (Phi) is 9.97. The summed E-state index contributed by atoms with van der Waals surface area (Å²) in [6, 6.07) is 6.78. The van der Waals surface area contributed by atoms with Crippen LogP contribution in [0, 0.1) is 0 Å². The predicted molar refractivity (Wildman–Crippen MR) is 144 cm³/mol. The highest BCUT2D eigenvalue weighted by Gasteiger charge is 2.32. The number of benzene rings is 1. The molecule has 0 saturated carbocycles. The first kappa shape index (κ1) is 30.3. The topological polar surface area (TPSA) is 152 Å². The molecule has 13 nitrogen and oxygen atoms in total. The quantitative estimate of drug-likeness (QED) is 0.441. The van der Waals surface area contributed by atoms with Gasteiger partial charge >= 0.3 is 12.1 Å². The molecule has 13 heteroatoms. The van der Waals surface area contributed by atoms with Gasteiger partial charge in [-0.3, -0.25) is 24.3 Å². The molecule has 1 aliphatic rings. The summed E-state index contributed by atoms with van der Waals surface area (Å²) in [4.78, 5) is 66.7. The molecule has 0 unspecified atom stereocenters. The van der Waals surface area contributed by atoms with Gasteiger partial charge in [0, 0.05) is 44.7 Å². The van der Waals surface area contributed by atoms with Crippen LogP contribution in [0.1, 0.15) is 51.0 Å². The maximum absolute atomic E-state index is 13.5. The minimum Gasteiger partial charge on any atom is -0.497 e. The van der Waals surface area contributed by atoms with Gasteiger partial charge in [-0.15, -0.1) is 0 Å². The number of piperazine rings is 1. The highest BCUT2D eigenvalue weighted by molar-refractivity contribution is 5.96. The minimum atomic E-state index is -1.07. The fourth-order valence-corrected chi connectivity index (χ4v) is 4.15. The number of aromatic amines is 1. The number of rotatable bonds is 9. The molecule has 1 fully saturated rings. The van der Waals surface area contributed by atoms with E-state index >= 15 is 0 Å². The molecule has 40 heavy (non-hydrogen) atoms. The molecule has 0 bridgehead atoms. The number of aromatic nitrogens is 2. The lowest BCUT2D eigenvalue weighted by Gasteiger charge is -2.36. The Balaban J connectivity index is 1.75. The Labute approximate surface area is 232 Å². The van der Waals surface area contributed by atoms with E-state index in [2.05, 4.69) is 10.4 Å². The van der Waals surface area contributed by atoms with E-state index in [1.165, 1.54) is 21.6 Å². The zero-order chi connectivity index (χ0) is 29.4. The zero-order valence-corrected chi connectivity index (χ0v) is 23.5. The van der Waals surface area contributed by atoms with Gasteiger partial charge in [-0.1, -0.05) is 6.07 Å². The predicted octanol–water partition coefficient (Wildman–Crippen LogP) is 1.70. The standard InChI is InChI=1S/C27H37N5O8/c1-6-39-26(37)31-14-12-30(13-15-31)25(36)20(10-11-23(34)40-27(2,3)4)28-24(35)21-17-22(33)32(29-21)18-8-7-9-19(16-18)38-5/h7-9,16-17,20,29H,6,10-15H2,1-5H3,(H,28,35)/t20-/m0/s1. The van der Waals surface area contributed by atoms with Gasteiger partial charge in [-0.2, -0.15) is 0 Å². The molecule has 3 amide bonds. The van der Waals surface area contributed by atoms with Crippen LogP contribution in [-0.2, 0) is 19.1 Å². The summed E-state index contributed by atoms with van der Waals surface area (Å²) in [6.45, 7) is 8.19. The molecule has 1 aliphatic heterocycles. The summed E-state index contributed by atoms with van der Waals surface area (Å²) < 4.78 is 16.8. The van der Waals surface area contributed by atoms with Gasteiger partial charge in [0.1, 0.15) is 23.1 Å². The van der Waals surface area contributed by atoms with Gasteiger partial charge in [-0.25, -0.2) is 9.48 Å². The molecule has 2 heterocycles. The summed E-state index contributed by atoms with van der Waals surface area (Å²) in [5, 5.41) is 5.43. The van der Waals surface area contributed by atoms with Crippen LogP contribution >= 0.6 is 0 Å². The molecule has 218 valence electrons. The molecule has 1 aromatic carbocycles. The maximum Gasteiger partial charge on any atom is 0.409 e. The number of nitrogens with one attached hydrogen (secondary N) is 2. The number of ether oxygens (including phenoxy) is 3. The number of hydrogen-bond acceptors (Lipinski definition) is 8. The third-order valence-corrected chi connectivity index (χ3v) is 6.05. The minimum absolute atomic E-state index is 0.0155. The van der Waals surface area contributed by atoms with Gasteiger partial charge in [0.25, 0.3) is 11.5 Å². The summed E-state index contributed by atoms with van der Waals surface area (Å²) in [7, 11) is 1.50. The molecule has 1 atom stereocenters. The van der Waals surface area contributed by atoms with E-state index in [0.717, 1.165) is 6.07 Å². The summed E-state index contributed by atoms with van der Waals surface area (Å²) in [6.07, 6.45) is -0.579. The highest BCUT2D eigenvalue weighted by Crippen LogP contribution is 2.16. The van der Waals surface area contributed by atoms with Gasteiger partial charge in [-0.05, 0) is 46.2 Å². The zero-order valence-electron chi connectivity index (χ0n) is 23.5. The van der Waals surface area contributed by atoms with Crippen LogP contribution in [0.25, 0.3) is 5.69 Å². The first-order valence-electron chi connectivity index (χ1n) is 13.1. The van der Waals surface area contributed by atoms with Gasteiger partial charge < -0.3 is 29.3 Å². The van der Waals surface area contributed by atoms with Crippen LogP contribution in [-0.4, -0.2) is 95.0 Å². The van der Waals surface area contributed by atoms with E-state index < -0.39 is 41.1 Å². The van der Waals surface area contributed by atoms with Crippen LogP contribution in [0.5, 0.6) is 5.75 Å². The van der Waals surface area contributed by atoms with E-state index in [-0.39, 0.29) is 51.3 Å². The first-order valence-corrected chi connectivity index (χ1v) is 13.1. The number of amides is 3. The Morgan fingerprint density at radius 2 is 1.73 bits per heavy atom. The molecule has 0 aliphatic carbocycles. The van der Waals surface area contributed by atoms with Gasteiger partial charge in [0.15, 0.2) is 0 Å². The second-order valence-electron chi connectivity index (χ2n) is 10.2. The maximum atomic E-state index is 13.5. The number of nitrogens with zero attached hydrogens (tertiary/aromatic N) is 3. The number of esters is 1. The van der Waals surface area contributed by atoms with Crippen molar-refractivity contribution in [1.82, 2.24) is 24.9 Å². The van der Waals surface area contributed by atoms with Crippen molar-refractivity contribution in [2.75, 3.05) is 39.9 Å². The fraction of sp³-hybridized carbons (Fsp3) is 0.519. The van der Waals surface area contributed by atoms with E-state index in [4.69, 9.17) is 14.2 Å². The van der Waals surface area contributed by atoms with Crippen molar-refractivity contribution < 1.29 is 33.4 Å². The van der Waals surface area contributed by atoms with Crippen molar-refractivity contribution in [3.05, 3.63) is 46.4 Å². The highest BCUT2D eigenvalue weighted by atomic mass is 16.6. The summed E-state index contributed by atoms with van der Waals surface area (Å²) >= 11 is 0. The smallest absolute Gasteiger partial charge is 0.409 e. The van der Waals surface area contributed by atoms with Gasteiger partial charge in [0.05, 0.1) is 19.4 Å². The average Bonchev–Trinajstić information content (AvgIpc) is 3.31. The molecule has 0 spiro atoms. The lowest BCUT2D eigenvalue weighted by atomic mass is 10.1. The molecule has 1 aromatic heterocycles. The molecule has 2 N–H and O–H groups in total. The number of methoxy groups -OCH3 is 1. The van der Waals surface area contributed by atoms with Crippen LogP contribution < -0.4 is 15.6 Å². The van der Waals surface area contributed by atoms with Crippen molar-refractivity contribution in [1.29, 1.82) is 0 Å². The average molecular weight is 560 g/mol. The van der Waals surface area contributed by atoms with Crippen LogP contribution in [0.4, 0.5) is 4.79 Å². The molecule has 2 aromatic rings. The molecule has 3 rings (SSSR count). The third kappa shape index (κ3) is 8.10. The normalized spacial score (nSPS) is 14.3. The van der Waals surface area contributed by atoms with E-state index in [0.29, 0.717) is 11.4 Å². The molecule has 0 radical (unpaired) electrons. The van der Waals surface area contributed by atoms with Crippen molar-refractivity contribution in [3.63, 3.8) is 0 Å². The largest absolute Gasteiger partial charge is 0.497 e. The molecule has 1 saturated heterocycles. The number of carbonyl (C=O) groups is 4. The van der Waals surface area contributed by atoms with Crippen molar-refractivity contribution in [2.24, 2.45) is 0 Å². The van der Waals surface area contributed by atoms with E-state index in [1.807, 2.05) is 0 Å². The Morgan fingerprint density at radius 3 is 2.35 bits per heavy atom. The monoisotopic (exact) mass is 559 g/mol.